The summed E-state index contributed by atoms with van der Waals surface area (Å²) in [6.07, 6.45) is 2.02. The lowest BCUT2D eigenvalue weighted by Crippen LogP contribution is -2.48. The molecule has 8 heteroatoms. The summed E-state index contributed by atoms with van der Waals surface area (Å²) in [5, 5.41) is 11.9. The van der Waals surface area contributed by atoms with Gasteiger partial charge in [0.25, 0.3) is 0 Å². The van der Waals surface area contributed by atoms with E-state index in [4.69, 9.17) is 9.73 Å². The zero-order valence-corrected chi connectivity index (χ0v) is 19.1. The Morgan fingerprint density at radius 2 is 2.03 bits per heavy atom. The van der Waals surface area contributed by atoms with Crippen molar-refractivity contribution in [2.75, 3.05) is 26.2 Å². The van der Waals surface area contributed by atoms with Crippen LogP contribution in [0.3, 0.4) is 0 Å². The molecule has 0 saturated carbocycles. The van der Waals surface area contributed by atoms with E-state index in [1.807, 2.05) is 28.8 Å². The number of aromatic nitrogens is 3. The average molecular weight is 506 g/mol. The van der Waals surface area contributed by atoms with Crippen molar-refractivity contribution in [3.8, 4) is 0 Å². The van der Waals surface area contributed by atoms with Crippen molar-refractivity contribution in [2.45, 2.75) is 26.5 Å². The van der Waals surface area contributed by atoms with Gasteiger partial charge in [-0.05, 0) is 37.1 Å². The molecule has 1 atom stereocenters. The molecule has 3 heterocycles. The van der Waals surface area contributed by atoms with Crippen LogP contribution in [0.2, 0.25) is 0 Å². The van der Waals surface area contributed by atoms with Crippen LogP contribution >= 0.6 is 24.0 Å². The highest BCUT2D eigenvalue weighted by atomic mass is 127. The summed E-state index contributed by atoms with van der Waals surface area (Å²) in [5.41, 5.74) is 3.33. The van der Waals surface area contributed by atoms with Gasteiger partial charge < -0.3 is 15.0 Å². The number of hydrogen-bond donors (Lipinski definition) is 1. The number of halogens is 1. The van der Waals surface area contributed by atoms with Gasteiger partial charge in [-0.3, -0.25) is 4.40 Å². The Labute approximate surface area is 188 Å². The largest absolute Gasteiger partial charge is 0.370 e. The van der Waals surface area contributed by atoms with Crippen LogP contribution in [-0.2, 0) is 11.3 Å². The van der Waals surface area contributed by atoms with Crippen molar-refractivity contribution in [1.82, 2.24) is 24.8 Å². The first kappa shape index (κ1) is 21.5. The number of nitrogens with one attached hydrogen (secondary N) is 1. The molecule has 1 saturated heterocycles. The van der Waals surface area contributed by atoms with Gasteiger partial charge in [0.2, 0.25) is 0 Å². The highest BCUT2D eigenvalue weighted by Crippen LogP contribution is 2.25. The van der Waals surface area contributed by atoms with Crippen molar-refractivity contribution >= 4 is 35.6 Å². The minimum Gasteiger partial charge on any atom is -0.370 e. The number of rotatable bonds is 4. The summed E-state index contributed by atoms with van der Waals surface area (Å²) >= 11 is 0. The molecule has 2 aromatic heterocycles. The topological polar surface area (TPSA) is 67.0 Å². The molecule has 4 rings (SSSR count). The molecule has 154 valence electrons. The van der Waals surface area contributed by atoms with Crippen LogP contribution in [0.25, 0.3) is 5.65 Å². The fraction of sp³-hybridized carbons (Fsp3) is 0.381. The van der Waals surface area contributed by atoms with Crippen molar-refractivity contribution in [3.05, 3.63) is 65.6 Å². The number of guanidine groups is 1. The van der Waals surface area contributed by atoms with E-state index < -0.39 is 0 Å². The minimum atomic E-state index is 0. The quantitative estimate of drug-likeness (QED) is 0.335. The maximum Gasteiger partial charge on any atom is 0.194 e. The number of fused-ring (bicyclic) bond motifs is 1. The van der Waals surface area contributed by atoms with Crippen LogP contribution in [-0.4, -0.2) is 51.7 Å². The minimum absolute atomic E-state index is 0. The van der Waals surface area contributed by atoms with Crippen LogP contribution in [0.15, 0.2) is 53.7 Å². The third-order valence-corrected chi connectivity index (χ3v) is 4.99. The molecule has 0 amide bonds. The summed E-state index contributed by atoms with van der Waals surface area (Å²) in [7, 11) is 0. The second kappa shape index (κ2) is 10.0. The van der Waals surface area contributed by atoms with Gasteiger partial charge in [-0.1, -0.05) is 30.3 Å². The van der Waals surface area contributed by atoms with Gasteiger partial charge >= 0.3 is 0 Å². The van der Waals surface area contributed by atoms with Crippen LogP contribution in [0.4, 0.5) is 0 Å². The van der Waals surface area contributed by atoms with Crippen LogP contribution in [0.5, 0.6) is 0 Å². The Kier molecular flexibility index (Phi) is 7.43. The van der Waals surface area contributed by atoms with Gasteiger partial charge in [-0.25, -0.2) is 4.99 Å². The normalized spacial score (nSPS) is 17.2. The first-order chi connectivity index (χ1) is 13.8. The van der Waals surface area contributed by atoms with Gasteiger partial charge in [-0.2, -0.15) is 0 Å². The SMILES string of the molecule is CCNC(=NCc1nnc2ccccn12)N1CCOC(c2ccccc2C)C1.I. The molecule has 29 heavy (non-hydrogen) atoms. The molecule has 3 aromatic rings. The summed E-state index contributed by atoms with van der Waals surface area (Å²) in [6.45, 7) is 7.77. The molecule has 1 unspecified atom stereocenters. The Hall–Kier alpha value is -2.20. The van der Waals surface area contributed by atoms with E-state index >= 15 is 0 Å². The number of aryl methyl sites for hydroxylation is 1. The molecule has 7 nitrogen and oxygen atoms in total. The molecular weight excluding hydrogens is 479 g/mol. The van der Waals surface area contributed by atoms with E-state index in [-0.39, 0.29) is 30.1 Å². The van der Waals surface area contributed by atoms with Crippen molar-refractivity contribution in [1.29, 1.82) is 0 Å². The summed E-state index contributed by atoms with van der Waals surface area (Å²) in [6, 6.07) is 14.3. The maximum atomic E-state index is 6.06. The molecule has 0 spiro atoms. The van der Waals surface area contributed by atoms with E-state index in [9.17, 15) is 0 Å². The molecular formula is C21H27IN6O. The molecule has 0 bridgehead atoms. The van der Waals surface area contributed by atoms with E-state index in [1.54, 1.807) is 0 Å². The van der Waals surface area contributed by atoms with Crippen LogP contribution in [0, 0.1) is 6.92 Å². The average Bonchev–Trinajstić information content (AvgIpc) is 3.15. The van der Waals surface area contributed by atoms with Crippen LogP contribution in [0.1, 0.15) is 30.0 Å². The molecule has 0 radical (unpaired) electrons. The van der Waals surface area contributed by atoms with E-state index in [0.29, 0.717) is 13.2 Å². The van der Waals surface area contributed by atoms with Crippen molar-refractivity contribution < 1.29 is 4.74 Å². The van der Waals surface area contributed by atoms with E-state index in [0.717, 1.165) is 37.1 Å². The number of hydrogen-bond acceptors (Lipinski definition) is 4. The highest BCUT2D eigenvalue weighted by Gasteiger charge is 2.25. The number of aliphatic imine (C=N–C) groups is 1. The first-order valence-corrected chi connectivity index (χ1v) is 9.75. The first-order valence-electron chi connectivity index (χ1n) is 9.75. The lowest BCUT2D eigenvalue weighted by atomic mass is 10.0. The van der Waals surface area contributed by atoms with Gasteiger partial charge in [-0.15, -0.1) is 34.2 Å². The summed E-state index contributed by atoms with van der Waals surface area (Å²) < 4.78 is 8.04. The Balaban J connectivity index is 0.00000240. The molecule has 1 aromatic carbocycles. The van der Waals surface area contributed by atoms with E-state index in [2.05, 4.69) is 58.5 Å². The zero-order chi connectivity index (χ0) is 19.3. The summed E-state index contributed by atoms with van der Waals surface area (Å²) in [5.74, 6) is 1.71. The van der Waals surface area contributed by atoms with E-state index in [1.165, 1.54) is 11.1 Å². The monoisotopic (exact) mass is 506 g/mol. The Morgan fingerprint density at radius 1 is 1.21 bits per heavy atom. The number of morpholine rings is 1. The number of pyridine rings is 1. The molecule has 0 aliphatic carbocycles. The second-order valence-corrected chi connectivity index (χ2v) is 6.88. The summed E-state index contributed by atoms with van der Waals surface area (Å²) in [4.78, 5) is 7.10. The maximum absolute atomic E-state index is 6.06. The van der Waals surface area contributed by atoms with Gasteiger partial charge in [0.15, 0.2) is 17.4 Å². The predicted octanol–water partition coefficient (Wildman–Crippen LogP) is 3.19. The fourth-order valence-corrected chi connectivity index (χ4v) is 3.55. The second-order valence-electron chi connectivity index (χ2n) is 6.88. The fourth-order valence-electron chi connectivity index (χ4n) is 3.55. The van der Waals surface area contributed by atoms with Crippen LogP contribution < -0.4 is 5.32 Å². The predicted molar refractivity (Wildman–Crippen MR) is 125 cm³/mol. The van der Waals surface area contributed by atoms with Gasteiger partial charge in [0.1, 0.15) is 12.6 Å². The number of benzene rings is 1. The van der Waals surface area contributed by atoms with Crippen molar-refractivity contribution in [3.63, 3.8) is 0 Å². The zero-order valence-electron chi connectivity index (χ0n) is 16.8. The molecule has 1 aliphatic rings. The lowest BCUT2D eigenvalue weighted by molar-refractivity contribution is -0.00834. The van der Waals surface area contributed by atoms with Gasteiger partial charge in [0.05, 0.1) is 13.2 Å². The number of nitrogens with zero attached hydrogens (tertiary/aromatic N) is 5. The van der Waals surface area contributed by atoms with Gasteiger partial charge in [0, 0.05) is 19.3 Å². The highest BCUT2D eigenvalue weighted by molar-refractivity contribution is 14.0. The third kappa shape index (κ3) is 4.87. The lowest BCUT2D eigenvalue weighted by Gasteiger charge is -2.35. The molecule has 1 fully saturated rings. The number of ether oxygens (including phenoxy) is 1. The molecule has 1 N–H and O–H groups in total. The Bertz CT molecular complexity index is 972. The Morgan fingerprint density at radius 3 is 2.86 bits per heavy atom. The smallest absolute Gasteiger partial charge is 0.194 e. The third-order valence-electron chi connectivity index (χ3n) is 4.99. The molecule has 1 aliphatic heterocycles. The van der Waals surface area contributed by atoms with Crippen molar-refractivity contribution in [2.24, 2.45) is 4.99 Å². The standard InChI is InChI=1S/C21H26N6O.HI/c1-3-22-21(23-14-20-25-24-19-10-6-7-11-27(19)20)26-12-13-28-18(15-26)17-9-5-4-8-16(17)2;/h4-11,18H,3,12-15H2,1-2H3,(H,22,23);1H.